The standard InChI is InChI=1S/C13H16BrN3S/c14-11-6-4-9(5-7-11)10-2-1-3-12(8-10)16-17-13(15)18/h4-7,10H,1-3,8H2,(H3,15,17,18). The summed E-state index contributed by atoms with van der Waals surface area (Å²) in [6, 6.07) is 8.54. The normalized spacial score (nSPS) is 21.8. The van der Waals surface area contributed by atoms with E-state index in [9.17, 15) is 0 Å². The molecule has 1 aliphatic carbocycles. The van der Waals surface area contributed by atoms with Gasteiger partial charge in [0.15, 0.2) is 5.11 Å². The first-order valence-corrected chi connectivity index (χ1v) is 7.21. The Morgan fingerprint density at radius 1 is 1.39 bits per heavy atom. The highest BCUT2D eigenvalue weighted by atomic mass is 79.9. The van der Waals surface area contributed by atoms with Crippen LogP contribution in [0.2, 0.25) is 0 Å². The van der Waals surface area contributed by atoms with E-state index in [-0.39, 0.29) is 5.11 Å². The second-order valence-corrected chi connectivity index (χ2v) is 5.85. The minimum absolute atomic E-state index is 0.230. The summed E-state index contributed by atoms with van der Waals surface area (Å²) in [5.74, 6) is 0.554. The van der Waals surface area contributed by atoms with Crippen LogP contribution in [0.4, 0.5) is 0 Å². The number of thiocarbonyl (C=S) groups is 1. The summed E-state index contributed by atoms with van der Waals surface area (Å²) in [5, 5.41) is 4.50. The first kappa shape index (κ1) is 13.5. The first-order valence-electron chi connectivity index (χ1n) is 6.01. The van der Waals surface area contributed by atoms with Gasteiger partial charge in [0, 0.05) is 10.2 Å². The monoisotopic (exact) mass is 325 g/mol. The van der Waals surface area contributed by atoms with Gasteiger partial charge in [-0.2, -0.15) is 5.10 Å². The van der Waals surface area contributed by atoms with Gasteiger partial charge in [-0.15, -0.1) is 0 Å². The van der Waals surface area contributed by atoms with Crippen molar-refractivity contribution in [3.63, 3.8) is 0 Å². The van der Waals surface area contributed by atoms with Gasteiger partial charge in [-0.05, 0) is 61.5 Å². The quantitative estimate of drug-likeness (QED) is 0.648. The Bertz CT molecular complexity index is 456. The van der Waals surface area contributed by atoms with E-state index >= 15 is 0 Å². The molecule has 1 saturated carbocycles. The number of hydrogen-bond acceptors (Lipinski definition) is 2. The van der Waals surface area contributed by atoms with Crippen LogP contribution in [0, 0.1) is 0 Å². The van der Waals surface area contributed by atoms with E-state index in [2.05, 4.69) is 50.7 Å². The lowest BCUT2D eigenvalue weighted by Gasteiger charge is -2.23. The Kier molecular flexibility index (Phi) is 4.72. The van der Waals surface area contributed by atoms with Crippen LogP contribution in [-0.4, -0.2) is 10.8 Å². The predicted octanol–water partition coefficient (Wildman–Crippen LogP) is 3.30. The molecule has 18 heavy (non-hydrogen) atoms. The molecule has 1 aromatic rings. The Morgan fingerprint density at radius 3 is 2.78 bits per heavy atom. The fraction of sp³-hybridized carbons (Fsp3) is 0.385. The molecule has 0 spiro atoms. The molecule has 0 aromatic heterocycles. The van der Waals surface area contributed by atoms with Gasteiger partial charge in [-0.1, -0.05) is 28.1 Å². The van der Waals surface area contributed by atoms with Gasteiger partial charge in [0.1, 0.15) is 0 Å². The van der Waals surface area contributed by atoms with Crippen LogP contribution in [-0.2, 0) is 0 Å². The maximum absolute atomic E-state index is 5.38. The van der Waals surface area contributed by atoms with Crippen LogP contribution < -0.4 is 11.2 Å². The lowest BCUT2D eigenvalue weighted by Crippen LogP contribution is -2.26. The summed E-state index contributed by atoms with van der Waals surface area (Å²) < 4.78 is 1.12. The van der Waals surface area contributed by atoms with Gasteiger partial charge < -0.3 is 5.73 Å². The summed E-state index contributed by atoms with van der Waals surface area (Å²) in [6.07, 6.45) is 4.40. The summed E-state index contributed by atoms with van der Waals surface area (Å²) in [5.41, 5.74) is 10.6. The molecule has 1 aromatic carbocycles. The van der Waals surface area contributed by atoms with Crippen LogP contribution in [0.1, 0.15) is 37.2 Å². The molecule has 1 fully saturated rings. The number of rotatable bonds is 2. The maximum Gasteiger partial charge on any atom is 0.184 e. The van der Waals surface area contributed by atoms with Gasteiger partial charge in [0.05, 0.1) is 0 Å². The molecule has 1 atom stereocenters. The van der Waals surface area contributed by atoms with Crippen molar-refractivity contribution in [2.24, 2.45) is 10.8 Å². The molecule has 96 valence electrons. The molecule has 2 rings (SSSR count). The highest BCUT2D eigenvalue weighted by molar-refractivity contribution is 9.10. The third-order valence-corrected chi connectivity index (χ3v) is 3.79. The van der Waals surface area contributed by atoms with Crippen molar-refractivity contribution in [2.75, 3.05) is 0 Å². The third kappa shape index (κ3) is 3.78. The van der Waals surface area contributed by atoms with Crippen molar-refractivity contribution in [1.82, 2.24) is 5.43 Å². The minimum atomic E-state index is 0.230. The Labute approximate surface area is 121 Å². The van der Waals surface area contributed by atoms with Gasteiger partial charge in [0.2, 0.25) is 0 Å². The van der Waals surface area contributed by atoms with Crippen LogP contribution >= 0.6 is 28.1 Å². The van der Waals surface area contributed by atoms with Gasteiger partial charge >= 0.3 is 0 Å². The molecule has 5 heteroatoms. The van der Waals surface area contributed by atoms with Crippen LogP contribution in [0.5, 0.6) is 0 Å². The topological polar surface area (TPSA) is 50.4 Å². The van der Waals surface area contributed by atoms with Crippen LogP contribution in [0.3, 0.4) is 0 Å². The minimum Gasteiger partial charge on any atom is -0.375 e. The number of nitrogens with two attached hydrogens (primary N) is 1. The van der Waals surface area contributed by atoms with E-state index in [1.54, 1.807) is 0 Å². The lowest BCUT2D eigenvalue weighted by atomic mass is 9.83. The van der Waals surface area contributed by atoms with E-state index in [0.29, 0.717) is 5.92 Å². The van der Waals surface area contributed by atoms with E-state index in [4.69, 9.17) is 18.0 Å². The smallest absolute Gasteiger partial charge is 0.184 e. The summed E-state index contributed by atoms with van der Waals surface area (Å²) in [7, 11) is 0. The molecule has 1 unspecified atom stereocenters. The maximum atomic E-state index is 5.38. The predicted molar refractivity (Wildman–Crippen MR) is 82.7 cm³/mol. The molecule has 0 bridgehead atoms. The molecule has 3 nitrogen and oxygen atoms in total. The third-order valence-electron chi connectivity index (χ3n) is 3.17. The summed E-state index contributed by atoms with van der Waals surface area (Å²) in [4.78, 5) is 0. The summed E-state index contributed by atoms with van der Waals surface area (Å²) >= 11 is 8.22. The average molecular weight is 326 g/mol. The molecule has 0 heterocycles. The fourth-order valence-electron chi connectivity index (χ4n) is 2.30. The van der Waals surface area contributed by atoms with Crippen molar-refractivity contribution in [2.45, 2.75) is 31.6 Å². The molecule has 0 radical (unpaired) electrons. The van der Waals surface area contributed by atoms with Crippen LogP contribution in [0.25, 0.3) is 0 Å². The highest BCUT2D eigenvalue weighted by Crippen LogP contribution is 2.31. The Hall–Kier alpha value is -0.940. The number of halogens is 1. The lowest BCUT2D eigenvalue weighted by molar-refractivity contribution is 0.575. The zero-order chi connectivity index (χ0) is 13.0. The second kappa shape index (κ2) is 6.29. The van der Waals surface area contributed by atoms with Crippen molar-refractivity contribution in [3.8, 4) is 0 Å². The van der Waals surface area contributed by atoms with E-state index in [1.165, 1.54) is 18.4 Å². The second-order valence-electron chi connectivity index (χ2n) is 4.50. The van der Waals surface area contributed by atoms with E-state index < -0.39 is 0 Å². The van der Waals surface area contributed by atoms with Gasteiger partial charge in [0.25, 0.3) is 0 Å². The van der Waals surface area contributed by atoms with Crippen molar-refractivity contribution >= 4 is 39.0 Å². The first-order chi connectivity index (χ1) is 8.65. The molecule has 1 aliphatic rings. The van der Waals surface area contributed by atoms with Gasteiger partial charge in [-0.3, -0.25) is 5.43 Å². The fourth-order valence-corrected chi connectivity index (χ4v) is 2.61. The van der Waals surface area contributed by atoms with Crippen LogP contribution in [0.15, 0.2) is 33.8 Å². The number of hydrazone groups is 1. The SMILES string of the molecule is NC(=S)NN=C1CCCC(c2ccc(Br)cc2)C1. The summed E-state index contributed by atoms with van der Waals surface area (Å²) in [6.45, 7) is 0. The van der Waals surface area contributed by atoms with Crippen molar-refractivity contribution in [1.29, 1.82) is 0 Å². The molecular weight excluding hydrogens is 310 g/mol. The molecule has 0 saturated heterocycles. The number of benzene rings is 1. The molecular formula is C13H16BrN3S. The number of nitrogens with zero attached hydrogens (tertiary/aromatic N) is 1. The Balaban J connectivity index is 2.04. The van der Waals surface area contributed by atoms with Crippen molar-refractivity contribution in [3.05, 3.63) is 34.3 Å². The molecule has 0 aliphatic heterocycles. The largest absolute Gasteiger partial charge is 0.375 e. The highest BCUT2D eigenvalue weighted by Gasteiger charge is 2.19. The zero-order valence-electron chi connectivity index (χ0n) is 10.0. The number of nitrogens with one attached hydrogen (secondary N) is 1. The zero-order valence-corrected chi connectivity index (χ0v) is 12.4. The molecule has 3 N–H and O–H groups in total. The number of hydrogen-bond donors (Lipinski definition) is 2. The van der Waals surface area contributed by atoms with Crippen molar-refractivity contribution < 1.29 is 0 Å². The average Bonchev–Trinajstić information content (AvgIpc) is 2.37. The van der Waals surface area contributed by atoms with Gasteiger partial charge in [-0.25, -0.2) is 0 Å². The Morgan fingerprint density at radius 2 is 2.11 bits per heavy atom. The van der Waals surface area contributed by atoms with E-state index in [1.807, 2.05) is 0 Å². The molecule has 0 amide bonds. The van der Waals surface area contributed by atoms with E-state index in [0.717, 1.165) is 23.0 Å².